The molecule has 5 heteroatoms. The van der Waals surface area contributed by atoms with Crippen LogP contribution in [0.15, 0.2) is 53.6 Å². The van der Waals surface area contributed by atoms with Crippen molar-refractivity contribution in [3.8, 4) is 11.8 Å². The van der Waals surface area contributed by atoms with E-state index in [1.807, 2.05) is 48.7 Å². The molecule has 0 saturated carbocycles. The second-order valence-electron chi connectivity index (χ2n) is 5.49. The number of hydrogen-bond donors (Lipinski definition) is 1. The number of thioether (sulfide) groups is 1. The maximum absolute atomic E-state index is 9.63. The number of para-hydroxylation sites is 2. The minimum atomic E-state index is 0.603. The van der Waals surface area contributed by atoms with E-state index in [1.165, 1.54) is 11.8 Å². The van der Waals surface area contributed by atoms with Crippen LogP contribution in [0.25, 0.3) is 10.9 Å². The summed E-state index contributed by atoms with van der Waals surface area (Å²) in [5.74, 6) is 0.884. The molecule has 0 amide bonds. The van der Waals surface area contributed by atoms with Gasteiger partial charge in [-0.25, -0.2) is 4.98 Å². The van der Waals surface area contributed by atoms with Gasteiger partial charge in [0, 0.05) is 11.9 Å². The normalized spacial score (nSPS) is 10.4. The van der Waals surface area contributed by atoms with E-state index >= 15 is 0 Å². The van der Waals surface area contributed by atoms with E-state index in [0.717, 1.165) is 39.4 Å². The number of fused-ring (bicyclic) bond motifs is 1. The van der Waals surface area contributed by atoms with Crippen LogP contribution in [0.4, 0.5) is 5.69 Å². The Kier molecular flexibility index (Phi) is 5.42. The summed E-state index contributed by atoms with van der Waals surface area (Å²) in [4.78, 5) is 4.60. The number of nitrogens with zero attached hydrogens (tertiary/aromatic N) is 2. The molecule has 0 aliphatic carbocycles. The van der Waals surface area contributed by atoms with Crippen molar-refractivity contribution in [1.29, 1.82) is 5.26 Å². The van der Waals surface area contributed by atoms with Crippen LogP contribution in [0.5, 0.6) is 5.75 Å². The fourth-order valence-electron chi connectivity index (χ4n) is 2.86. The first-order valence-electron chi connectivity index (χ1n) is 8.01. The molecule has 126 valence electrons. The van der Waals surface area contributed by atoms with Gasteiger partial charge >= 0.3 is 0 Å². The van der Waals surface area contributed by atoms with Crippen molar-refractivity contribution >= 4 is 28.4 Å². The van der Waals surface area contributed by atoms with E-state index in [1.54, 1.807) is 7.11 Å². The molecule has 1 N–H and O–H groups in total. The molecule has 0 aliphatic rings. The molecule has 0 unspecified atom stereocenters. The Labute approximate surface area is 151 Å². The maximum Gasteiger partial charge on any atom is 0.122 e. The number of aromatic nitrogens is 1. The Morgan fingerprint density at radius 1 is 1.16 bits per heavy atom. The molecule has 2 aromatic carbocycles. The molecule has 1 heterocycles. The highest BCUT2D eigenvalue weighted by molar-refractivity contribution is 7.98. The van der Waals surface area contributed by atoms with Crippen LogP contribution in [0, 0.1) is 11.3 Å². The molecule has 0 bridgehead atoms. The lowest BCUT2D eigenvalue weighted by molar-refractivity contribution is 0.410. The summed E-state index contributed by atoms with van der Waals surface area (Å²) < 4.78 is 5.41. The number of pyridine rings is 1. The fraction of sp³-hybridized carbons (Fsp3) is 0.200. The second-order valence-corrected chi connectivity index (χ2v) is 6.28. The van der Waals surface area contributed by atoms with Crippen LogP contribution in [-0.2, 0) is 6.42 Å². The molecule has 25 heavy (non-hydrogen) atoms. The van der Waals surface area contributed by atoms with Crippen molar-refractivity contribution in [2.75, 3.05) is 25.2 Å². The number of nitrogens with one attached hydrogen (secondary N) is 1. The minimum Gasteiger partial charge on any atom is -0.496 e. The number of benzene rings is 2. The lowest BCUT2D eigenvalue weighted by atomic mass is 10.1. The Morgan fingerprint density at radius 2 is 1.92 bits per heavy atom. The topological polar surface area (TPSA) is 57.9 Å². The van der Waals surface area contributed by atoms with Gasteiger partial charge < -0.3 is 10.1 Å². The van der Waals surface area contributed by atoms with E-state index in [-0.39, 0.29) is 0 Å². The molecule has 0 spiro atoms. The largest absolute Gasteiger partial charge is 0.496 e. The van der Waals surface area contributed by atoms with Gasteiger partial charge in [0.15, 0.2) is 0 Å². The monoisotopic (exact) mass is 349 g/mol. The van der Waals surface area contributed by atoms with Crippen molar-refractivity contribution in [2.45, 2.75) is 11.4 Å². The zero-order valence-corrected chi connectivity index (χ0v) is 15.1. The Hall–Kier alpha value is -2.71. The van der Waals surface area contributed by atoms with E-state index in [0.29, 0.717) is 12.1 Å². The highest BCUT2D eigenvalue weighted by Crippen LogP contribution is 2.32. The van der Waals surface area contributed by atoms with Crippen LogP contribution >= 0.6 is 11.8 Å². The van der Waals surface area contributed by atoms with Crippen LogP contribution in [0.1, 0.15) is 11.1 Å². The first kappa shape index (κ1) is 17.1. The number of rotatable bonds is 6. The summed E-state index contributed by atoms with van der Waals surface area (Å²) in [7, 11) is 1.68. The molecule has 0 aliphatic heterocycles. The number of hydrogen-bond acceptors (Lipinski definition) is 5. The standard InChI is InChI=1S/C20H19N3OS/c1-24-18-10-6-3-7-14(18)11-12-22-19-15-8-4-5-9-17(15)23-20(25-2)16(19)13-21/h3-10H,11-12H2,1-2H3,(H,22,23). The number of anilines is 1. The number of methoxy groups -OCH3 is 1. The molecule has 3 aromatic rings. The lowest BCUT2D eigenvalue weighted by Gasteiger charge is -2.14. The molecular formula is C20H19N3OS. The maximum atomic E-state index is 9.63. The summed E-state index contributed by atoms with van der Waals surface area (Å²) >= 11 is 1.49. The van der Waals surface area contributed by atoms with Crippen LogP contribution < -0.4 is 10.1 Å². The first-order valence-corrected chi connectivity index (χ1v) is 9.23. The van der Waals surface area contributed by atoms with Gasteiger partial charge in [-0.1, -0.05) is 36.4 Å². The Morgan fingerprint density at radius 3 is 2.68 bits per heavy atom. The van der Waals surface area contributed by atoms with Crippen molar-refractivity contribution in [2.24, 2.45) is 0 Å². The molecule has 0 saturated heterocycles. The van der Waals surface area contributed by atoms with Gasteiger partial charge in [-0.2, -0.15) is 5.26 Å². The van der Waals surface area contributed by atoms with Gasteiger partial charge in [-0.3, -0.25) is 0 Å². The van der Waals surface area contributed by atoms with Gasteiger partial charge in [0.05, 0.1) is 18.3 Å². The average Bonchev–Trinajstić information content (AvgIpc) is 2.67. The van der Waals surface area contributed by atoms with E-state index in [2.05, 4.69) is 22.4 Å². The number of ether oxygens (including phenoxy) is 1. The summed E-state index contributed by atoms with van der Waals surface area (Å²) in [5, 5.41) is 14.8. The predicted octanol–water partition coefficient (Wildman–Crippen LogP) is 4.49. The van der Waals surface area contributed by atoms with E-state index in [4.69, 9.17) is 4.74 Å². The third-order valence-electron chi connectivity index (χ3n) is 4.05. The van der Waals surface area contributed by atoms with Gasteiger partial charge in [-0.15, -0.1) is 11.8 Å². The fourth-order valence-corrected chi connectivity index (χ4v) is 3.40. The molecule has 0 fully saturated rings. The summed E-state index contributed by atoms with van der Waals surface area (Å²) in [5.41, 5.74) is 3.49. The number of nitriles is 1. The third kappa shape index (κ3) is 3.54. The molecule has 0 atom stereocenters. The molecule has 4 nitrogen and oxygen atoms in total. The third-order valence-corrected chi connectivity index (χ3v) is 4.74. The average molecular weight is 349 g/mol. The van der Waals surface area contributed by atoms with Crippen LogP contribution in [-0.4, -0.2) is 24.9 Å². The van der Waals surface area contributed by atoms with Crippen molar-refractivity contribution in [3.05, 3.63) is 59.7 Å². The lowest BCUT2D eigenvalue weighted by Crippen LogP contribution is -2.09. The predicted molar refractivity (Wildman–Crippen MR) is 103 cm³/mol. The van der Waals surface area contributed by atoms with Crippen LogP contribution in [0.3, 0.4) is 0 Å². The SMILES string of the molecule is COc1ccccc1CCNc1c(C#N)c(SC)nc2ccccc12. The van der Waals surface area contributed by atoms with Gasteiger partial charge in [0.25, 0.3) is 0 Å². The molecule has 3 rings (SSSR count). The van der Waals surface area contributed by atoms with Crippen molar-refractivity contribution < 1.29 is 4.74 Å². The van der Waals surface area contributed by atoms with E-state index in [9.17, 15) is 5.26 Å². The quantitative estimate of drug-likeness (QED) is 0.664. The highest BCUT2D eigenvalue weighted by atomic mass is 32.2. The minimum absolute atomic E-state index is 0.603. The Balaban J connectivity index is 1.91. The second kappa shape index (κ2) is 7.91. The Bertz CT molecular complexity index is 934. The summed E-state index contributed by atoms with van der Waals surface area (Å²) in [6.45, 7) is 0.705. The zero-order chi connectivity index (χ0) is 17.6. The summed E-state index contributed by atoms with van der Waals surface area (Å²) in [6.07, 6.45) is 2.75. The van der Waals surface area contributed by atoms with Gasteiger partial charge in [0.1, 0.15) is 22.4 Å². The van der Waals surface area contributed by atoms with Crippen molar-refractivity contribution in [1.82, 2.24) is 4.98 Å². The molecule has 1 aromatic heterocycles. The molecule has 0 radical (unpaired) electrons. The first-order chi connectivity index (χ1) is 12.3. The summed E-state index contributed by atoms with van der Waals surface area (Å²) in [6, 6.07) is 18.2. The smallest absolute Gasteiger partial charge is 0.122 e. The highest BCUT2D eigenvalue weighted by Gasteiger charge is 2.14. The van der Waals surface area contributed by atoms with Gasteiger partial charge in [0.2, 0.25) is 0 Å². The van der Waals surface area contributed by atoms with Crippen LogP contribution in [0.2, 0.25) is 0 Å². The zero-order valence-electron chi connectivity index (χ0n) is 14.2. The van der Waals surface area contributed by atoms with Crippen molar-refractivity contribution in [3.63, 3.8) is 0 Å². The molecular weight excluding hydrogens is 330 g/mol. The van der Waals surface area contributed by atoms with E-state index < -0.39 is 0 Å². The van der Waals surface area contributed by atoms with Gasteiger partial charge in [-0.05, 0) is 30.4 Å².